The van der Waals surface area contributed by atoms with E-state index >= 15 is 0 Å². The first-order chi connectivity index (χ1) is 12.6. The summed E-state index contributed by atoms with van der Waals surface area (Å²) >= 11 is 0. The highest BCUT2D eigenvalue weighted by Gasteiger charge is 2.32. The molecule has 1 amide bonds. The Bertz CT molecular complexity index is 937. The molecular weight excluding hydrogens is 338 g/mol. The van der Waals surface area contributed by atoms with Gasteiger partial charge in [-0.1, -0.05) is 17.3 Å². The average Bonchev–Trinajstić information content (AvgIpc) is 3.32. The van der Waals surface area contributed by atoms with E-state index in [0.717, 1.165) is 18.4 Å². The molecule has 2 aromatic carbocycles. The van der Waals surface area contributed by atoms with E-state index in [0.29, 0.717) is 17.9 Å². The molecule has 0 spiro atoms. The molecule has 1 fully saturated rings. The lowest BCUT2D eigenvalue weighted by atomic mass is 10.0. The van der Waals surface area contributed by atoms with E-state index in [-0.39, 0.29) is 29.3 Å². The summed E-state index contributed by atoms with van der Waals surface area (Å²) in [5, 5.41) is 3.87. The molecule has 0 radical (unpaired) electrons. The number of rotatable bonds is 3. The molecule has 4 nitrogen and oxygen atoms in total. The van der Waals surface area contributed by atoms with Gasteiger partial charge in [-0.05, 0) is 54.8 Å². The van der Waals surface area contributed by atoms with E-state index in [4.69, 9.17) is 4.52 Å². The minimum absolute atomic E-state index is 0.177. The third-order valence-electron chi connectivity index (χ3n) is 4.61. The monoisotopic (exact) mass is 354 g/mol. The molecular formula is C20H16F2N2O2. The molecule has 0 unspecified atom stereocenters. The Labute approximate surface area is 149 Å². The number of hydrogen-bond acceptors (Lipinski definition) is 3. The van der Waals surface area contributed by atoms with Crippen molar-refractivity contribution in [1.82, 2.24) is 10.1 Å². The molecule has 26 heavy (non-hydrogen) atoms. The van der Waals surface area contributed by atoms with E-state index in [1.165, 1.54) is 24.3 Å². The van der Waals surface area contributed by atoms with Crippen LogP contribution in [-0.4, -0.2) is 22.5 Å². The zero-order valence-electron chi connectivity index (χ0n) is 13.9. The number of halogens is 2. The zero-order valence-corrected chi connectivity index (χ0v) is 13.9. The van der Waals surface area contributed by atoms with Gasteiger partial charge < -0.3 is 9.42 Å². The van der Waals surface area contributed by atoms with Crippen LogP contribution in [0.2, 0.25) is 0 Å². The fourth-order valence-electron chi connectivity index (χ4n) is 3.34. The van der Waals surface area contributed by atoms with E-state index in [1.54, 1.807) is 29.2 Å². The van der Waals surface area contributed by atoms with E-state index in [1.807, 2.05) is 6.07 Å². The fraction of sp³-hybridized carbons (Fsp3) is 0.200. The largest absolute Gasteiger partial charge is 0.355 e. The molecule has 2 heterocycles. The number of likely N-dealkylation sites (tertiary alicyclic amines) is 1. The molecule has 132 valence electrons. The highest BCUT2D eigenvalue weighted by atomic mass is 19.1. The minimum atomic E-state index is -0.348. The van der Waals surface area contributed by atoms with Crippen molar-refractivity contribution in [3.63, 3.8) is 0 Å². The van der Waals surface area contributed by atoms with E-state index in [9.17, 15) is 13.6 Å². The van der Waals surface area contributed by atoms with Crippen molar-refractivity contribution < 1.29 is 18.1 Å². The van der Waals surface area contributed by atoms with Gasteiger partial charge in [0.2, 0.25) is 0 Å². The van der Waals surface area contributed by atoms with Crippen LogP contribution in [0.5, 0.6) is 0 Å². The summed E-state index contributed by atoms with van der Waals surface area (Å²) in [6, 6.07) is 13.5. The number of aromatic nitrogens is 1. The Morgan fingerprint density at radius 3 is 2.65 bits per heavy atom. The highest BCUT2D eigenvalue weighted by Crippen LogP contribution is 2.33. The summed E-state index contributed by atoms with van der Waals surface area (Å²) in [4.78, 5) is 14.6. The predicted molar refractivity (Wildman–Crippen MR) is 91.3 cm³/mol. The number of carbonyl (C=O) groups is 1. The van der Waals surface area contributed by atoms with Gasteiger partial charge in [0.05, 0.1) is 6.04 Å². The Morgan fingerprint density at radius 1 is 1.08 bits per heavy atom. The van der Waals surface area contributed by atoms with Crippen LogP contribution in [0.4, 0.5) is 8.78 Å². The Kier molecular flexibility index (Phi) is 4.24. The molecule has 0 bridgehead atoms. The number of carbonyl (C=O) groups excluding carboxylic acids is 1. The Balaban J connectivity index is 1.58. The normalized spacial score (nSPS) is 16.8. The maximum atomic E-state index is 13.5. The van der Waals surface area contributed by atoms with Crippen LogP contribution in [0.15, 0.2) is 59.1 Å². The van der Waals surface area contributed by atoms with Gasteiger partial charge >= 0.3 is 0 Å². The van der Waals surface area contributed by atoms with Gasteiger partial charge in [0.1, 0.15) is 11.6 Å². The summed E-state index contributed by atoms with van der Waals surface area (Å²) in [7, 11) is 0. The molecule has 1 atom stereocenters. The molecule has 1 saturated heterocycles. The van der Waals surface area contributed by atoms with Crippen LogP contribution < -0.4 is 0 Å². The van der Waals surface area contributed by atoms with Crippen LogP contribution in [0.25, 0.3) is 11.3 Å². The third-order valence-corrected chi connectivity index (χ3v) is 4.61. The third kappa shape index (κ3) is 3.10. The molecule has 1 aromatic heterocycles. The van der Waals surface area contributed by atoms with Crippen LogP contribution in [0.3, 0.4) is 0 Å². The summed E-state index contributed by atoms with van der Waals surface area (Å²) in [5.41, 5.74) is 1.60. The van der Waals surface area contributed by atoms with Crippen molar-refractivity contribution in [1.29, 1.82) is 0 Å². The molecule has 6 heteroatoms. The van der Waals surface area contributed by atoms with Crippen molar-refractivity contribution >= 4 is 5.91 Å². The lowest BCUT2D eigenvalue weighted by Gasteiger charge is -2.24. The van der Waals surface area contributed by atoms with Gasteiger partial charge in [-0.25, -0.2) is 8.78 Å². The Morgan fingerprint density at radius 2 is 1.88 bits per heavy atom. The SMILES string of the molecule is O=C(c1cc(-c2ccc(F)cc2)on1)N1CCC[C@@H]1c1cccc(F)c1. The summed E-state index contributed by atoms with van der Waals surface area (Å²) in [6.07, 6.45) is 1.62. The smallest absolute Gasteiger partial charge is 0.276 e. The lowest BCUT2D eigenvalue weighted by molar-refractivity contribution is 0.0725. The number of benzene rings is 2. The average molecular weight is 354 g/mol. The first-order valence-electron chi connectivity index (χ1n) is 8.41. The topological polar surface area (TPSA) is 46.3 Å². The van der Waals surface area contributed by atoms with Crippen LogP contribution in [-0.2, 0) is 0 Å². The fourth-order valence-corrected chi connectivity index (χ4v) is 3.34. The standard InChI is InChI=1S/C20H16F2N2O2/c21-15-8-6-13(7-9-15)19-12-17(23-26-19)20(25)24-10-2-5-18(24)14-3-1-4-16(22)11-14/h1,3-4,6-9,11-12,18H,2,5,10H2/t18-/m1/s1. The molecule has 0 N–H and O–H groups in total. The van der Waals surface area contributed by atoms with Gasteiger partial charge in [0, 0.05) is 18.2 Å². The van der Waals surface area contributed by atoms with Crippen LogP contribution in [0, 0.1) is 11.6 Å². The maximum Gasteiger partial charge on any atom is 0.276 e. The first kappa shape index (κ1) is 16.4. The maximum absolute atomic E-state index is 13.5. The molecule has 0 aliphatic carbocycles. The van der Waals surface area contributed by atoms with Crippen molar-refractivity contribution in [2.75, 3.05) is 6.54 Å². The first-order valence-corrected chi connectivity index (χ1v) is 8.41. The highest BCUT2D eigenvalue weighted by molar-refractivity contribution is 5.93. The number of hydrogen-bond donors (Lipinski definition) is 0. The van der Waals surface area contributed by atoms with Crippen LogP contribution >= 0.6 is 0 Å². The molecule has 1 aliphatic heterocycles. The van der Waals surface area contributed by atoms with Crippen molar-refractivity contribution in [3.8, 4) is 11.3 Å². The second-order valence-corrected chi connectivity index (χ2v) is 6.29. The van der Waals surface area contributed by atoms with Crippen molar-refractivity contribution in [2.24, 2.45) is 0 Å². The second kappa shape index (κ2) is 6.71. The van der Waals surface area contributed by atoms with Gasteiger partial charge in [-0.15, -0.1) is 0 Å². The summed E-state index contributed by atoms with van der Waals surface area (Å²) in [6.45, 7) is 0.582. The molecule has 0 saturated carbocycles. The van der Waals surface area contributed by atoms with Crippen LogP contribution in [0.1, 0.15) is 34.9 Å². The molecule has 3 aromatic rings. The second-order valence-electron chi connectivity index (χ2n) is 6.29. The molecule has 1 aliphatic rings. The summed E-state index contributed by atoms with van der Waals surface area (Å²) in [5.74, 6) is -0.523. The predicted octanol–water partition coefficient (Wildman–Crippen LogP) is 4.60. The van der Waals surface area contributed by atoms with Gasteiger partial charge in [0.25, 0.3) is 5.91 Å². The van der Waals surface area contributed by atoms with E-state index in [2.05, 4.69) is 5.16 Å². The summed E-state index contributed by atoms with van der Waals surface area (Å²) < 4.78 is 31.8. The number of amides is 1. The molecule has 4 rings (SSSR count). The van der Waals surface area contributed by atoms with Gasteiger partial charge in [0.15, 0.2) is 11.5 Å². The number of nitrogens with zero attached hydrogens (tertiary/aromatic N) is 2. The lowest BCUT2D eigenvalue weighted by Crippen LogP contribution is -2.30. The Hall–Kier alpha value is -3.02. The quantitative estimate of drug-likeness (QED) is 0.691. The van der Waals surface area contributed by atoms with Crippen molar-refractivity contribution in [3.05, 3.63) is 77.5 Å². The van der Waals surface area contributed by atoms with Crippen molar-refractivity contribution in [2.45, 2.75) is 18.9 Å². The zero-order chi connectivity index (χ0) is 18.1. The van der Waals surface area contributed by atoms with Gasteiger partial charge in [-0.2, -0.15) is 0 Å². The van der Waals surface area contributed by atoms with E-state index < -0.39 is 0 Å². The van der Waals surface area contributed by atoms with Gasteiger partial charge in [-0.3, -0.25) is 4.79 Å². The minimum Gasteiger partial charge on any atom is -0.355 e.